The third kappa shape index (κ3) is 6.59. The van der Waals surface area contributed by atoms with Crippen LogP contribution in [0.25, 0.3) is 0 Å². The van der Waals surface area contributed by atoms with E-state index < -0.39 is 11.9 Å². The summed E-state index contributed by atoms with van der Waals surface area (Å²) in [6.07, 6.45) is 1.20. The van der Waals surface area contributed by atoms with Crippen LogP contribution in [-0.2, 0) is 9.59 Å². The molecule has 0 spiro atoms. The molecule has 0 aromatic heterocycles. The number of amides is 1. The number of nitrogens with two attached hydrogens (primary N) is 1. The van der Waals surface area contributed by atoms with Crippen molar-refractivity contribution in [3.63, 3.8) is 0 Å². The zero-order valence-electron chi connectivity index (χ0n) is 11.8. The summed E-state index contributed by atoms with van der Waals surface area (Å²) in [6.45, 7) is 8.40. The van der Waals surface area contributed by atoms with E-state index in [0.29, 0.717) is 12.8 Å². The van der Waals surface area contributed by atoms with Crippen LogP contribution in [0.2, 0.25) is 0 Å². The predicted octanol–water partition coefficient (Wildman–Crippen LogP) is 1.22. The van der Waals surface area contributed by atoms with E-state index in [4.69, 9.17) is 10.8 Å². The first-order chi connectivity index (χ1) is 8.21. The van der Waals surface area contributed by atoms with Crippen LogP contribution >= 0.6 is 0 Å². The Hall–Kier alpha value is -1.10. The third-order valence-corrected chi connectivity index (χ3v) is 2.88. The van der Waals surface area contributed by atoms with Gasteiger partial charge in [0.05, 0.1) is 11.8 Å². The molecule has 5 heteroatoms. The smallest absolute Gasteiger partial charge is 0.308 e. The standard InChI is InChI=1S/C13H26N2O3/c1-5-9(12(17)18)8-15-11(16)10(7-14)6-13(2,3)4/h9-10H,5-8,14H2,1-4H3,(H,15,16)(H,17,18). The molecule has 0 aliphatic heterocycles. The molecule has 0 aliphatic rings. The summed E-state index contributed by atoms with van der Waals surface area (Å²) in [5.74, 6) is -1.80. The van der Waals surface area contributed by atoms with Crippen LogP contribution in [0.3, 0.4) is 0 Å². The van der Waals surface area contributed by atoms with Crippen LogP contribution in [0, 0.1) is 17.3 Å². The molecule has 5 nitrogen and oxygen atoms in total. The van der Waals surface area contributed by atoms with E-state index in [1.807, 2.05) is 0 Å². The minimum atomic E-state index is -0.877. The second-order valence-corrected chi connectivity index (χ2v) is 5.89. The lowest BCUT2D eigenvalue weighted by Gasteiger charge is -2.24. The van der Waals surface area contributed by atoms with E-state index in [1.54, 1.807) is 6.92 Å². The van der Waals surface area contributed by atoms with Gasteiger partial charge in [0.2, 0.25) is 5.91 Å². The van der Waals surface area contributed by atoms with E-state index >= 15 is 0 Å². The minimum absolute atomic E-state index is 0.0261. The first-order valence-electron chi connectivity index (χ1n) is 6.41. The molecule has 0 saturated carbocycles. The average Bonchev–Trinajstić information content (AvgIpc) is 2.24. The molecular weight excluding hydrogens is 232 g/mol. The fraction of sp³-hybridized carbons (Fsp3) is 0.846. The van der Waals surface area contributed by atoms with Crippen LogP contribution < -0.4 is 11.1 Å². The van der Waals surface area contributed by atoms with Crippen molar-refractivity contribution in [2.45, 2.75) is 40.5 Å². The Kier molecular flexibility index (Phi) is 6.91. The molecule has 0 bridgehead atoms. The van der Waals surface area contributed by atoms with Crippen molar-refractivity contribution in [1.29, 1.82) is 0 Å². The summed E-state index contributed by atoms with van der Waals surface area (Å²) in [4.78, 5) is 22.7. The summed E-state index contributed by atoms with van der Waals surface area (Å²) >= 11 is 0. The molecule has 0 rings (SSSR count). The summed E-state index contributed by atoms with van der Waals surface area (Å²) < 4.78 is 0. The van der Waals surface area contributed by atoms with Gasteiger partial charge in [-0.1, -0.05) is 27.7 Å². The molecule has 0 fully saturated rings. The maximum Gasteiger partial charge on any atom is 0.308 e. The first-order valence-corrected chi connectivity index (χ1v) is 6.41. The molecule has 0 radical (unpaired) electrons. The molecule has 0 aromatic carbocycles. The third-order valence-electron chi connectivity index (χ3n) is 2.88. The predicted molar refractivity (Wildman–Crippen MR) is 71.0 cm³/mol. The van der Waals surface area contributed by atoms with Gasteiger partial charge in [-0.15, -0.1) is 0 Å². The van der Waals surface area contributed by atoms with E-state index in [1.165, 1.54) is 0 Å². The number of carboxylic acids is 1. The Labute approximate surface area is 109 Å². The van der Waals surface area contributed by atoms with Gasteiger partial charge < -0.3 is 16.2 Å². The monoisotopic (exact) mass is 258 g/mol. The number of nitrogens with one attached hydrogen (secondary N) is 1. The molecule has 106 valence electrons. The molecule has 2 atom stereocenters. The van der Waals surface area contributed by atoms with Gasteiger partial charge in [0, 0.05) is 13.1 Å². The summed E-state index contributed by atoms with van der Waals surface area (Å²) in [6, 6.07) is 0. The van der Waals surface area contributed by atoms with Crippen molar-refractivity contribution >= 4 is 11.9 Å². The van der Waals surface area contributed by atoms with Crippen molar-refractivity contribution < 1.29 is 14.7 Å². The van der Waals surface area contributed by atoms with Gasteiger partial charge in [-0.2, -0.15) is 0 Å². The molecule has 2 unspecified atom stereocenters. The number of rotatable bonds is 7. The Morgan fingerprint density at radius 2 is 1.83 bits per heavy atom. The lowest BCUT2D eigenvalue weighted by atomic mass is 9.84. The zero-order chi connectivity index (χ0) is 14.3. The van der Waals surface area contributed by atoms with E-state index in [0.717, 1.165) is 0 Å². The average molecular weight is 258 g/mol. The van der Waals surface area contributed by atoms with Gasteiger partial charge in [-0.05, 0) is 18.3 Å². The highest BCUT2D eigenvalue weighted by Gasteiger charge is 2.24. The number of aliphatic carboxylic acids is 1. The van der Waals surface area contributed by atoms with Gasteiger partial charge in [-0.3, -0.25) is 9.59 Å². The lowest BCUT2D eigenvalue weighted by molar-refractivity contribution is -0.141. The fourth-order valence-corrected chi connectivity index (χ4v) is 1.80. The van der Waals surface area contributed by atoms with Crippen LogP contribution in [0.5, 0.6) is 0 Å². The van der Waals surface area contributed by atoms with Gasteiger partial charge in [0.1, 0.15) is 0 Å². The molecule has 0 aromatic rings. The number of carbonyl (C=O) groups excluding carboxylic acids is 1. The Morgan fingerprint density at radius 3 is 2.17 bits per heavy atom. The van der Waals surface area contributed by atoms with Crippen LogP contribution in [0.4, 0.5) is 0 Å². The maximum atomic E-state index is 11.9. The highest BCUT2D eigenvalue weighted by atomic mass is 16.4. The zero-order valence-corrected chi connectivity index (χ0v) is 11.8. The van der Waals surface area contributed by atoms with Crippen molar-refractivity contribution in [1.82, 2.24) is 5.32 Å². The Balaban J connectivity index is 4.32. The quantitative estimate of drug-likeness (QED) is 0.640. The molecular formula is C13H26N2O3. The summed E-state index contributed by atoms with van der Waals surface area (Å²) in [7, 11) is 0. The Morgan fingerprint density at radius 1 is 1.28 bits per heavy atom. The normalized spacial score (nSPS) is 14.9. The molecule has 4 N–H and O–H groups in total. The second-order valence-electron chi connectivity index (χ2n) is 5.89. The SMILES string of the molecule is CCC(CNC(=O)C(CN)CC(C)(C)C)C(=O)O. The highest BCUT2D eigenvalue weighted by molar-refractivity contribution is 5.79. The van der Waals surface area contributed by atoms with E-state index in [2.05, 4.69) is 26.1 Å². The molecule has 0 saturated heterocycles. The van der Waals surface area contributed by atoms with Crippen molar-refractivity contribution in [2.24, 2.45) is 23.0 Å². The number of carboxylic acid groups (broad SMARTS) is 1. The minimum Gasteiger partial charge on any atom is -0.481 e. The second kappa shape index (κ2) is 7.36. The van der Waals surface area contributed by atoms with Crippen LogP contribution in [0.15, 0.2) is 0 Å². The van der Waals surface area contributed by atoms with Crippen molar-refractivity contribution in [2.75, 3.05) is 13.1 Å². The van der Waals surface area contributed by atoms with Crippen molar-refractivity contribution in [3.05, 3.63) is 0 Å². The fourth-order valence-electron chi connectivity index (χ4n) is 1.80. The van der Waals surface area contributed by atoms with Gasteiger partial charge in [-0.25, -0.2) is 0 Å². The first kappa shape index (κ1) is 16.9. The van der Waals surface area contributed by atoms with Gasteiger partial charge >= 0.3 is 5.97 Å². The highest BCUT2D eigenvalue weighted by Crippen LogP contribution is 2.24. The number of hydrogen-bond donors (Lipinski definition) is 3. The molecule has 18 heavy (non-hydrogen) atoms. The van der Waals surface area contributed by atoms with Crippen LogP contribution in [0.1, 0.15) is 40.5 Å². The summed E-state index contributed by atoms with van der Waals surface area (Å²) in [5, 5.41) is 11.6. The molecule has 1 amide bonds. The van der Waals surface area contributed by atoms with Gasteiger partial charge in [0.15, 0.2) is 0 Å². The largest absolute Gasteiger partial charge is 0.481 e. The number of hydrogen-bond acceptors (Lipinski definition) is 3. The van der Waals surface area contributed by atoms with Crippen molar-refractivity contribution in [3.8, 4) is 0 Å². The van der Waals surface area contributed by atoms with E-state index in [9.17, 15) is 9.59 Å². The maximum absolute atomic E-state index is 11.9. The van der Waals surface area contributed by atoms with Gasteiger partial charge in [0.25, 0.3) is 0 Å². The lowest BCUT2D eigenvalue weighted by Crippen LogP contribution is -2.40. The summed E-state index contributed by atoms with van der Waals surface area (Å²) in [5.41, 5.74) is 5.63. The topological polar surface area (TPSA) is 92.4 Å². The Bertz CT molecular complexity index is 284. The number of carbonyl (C=O) groups is 2. The van der Waals surface area contributed by atoms with E-state index in [-0.39, 0.29) is 30.3 Å². The molecule has 0 heterocycles. The van der Waals surface area contributed by atoms with Crippen LogP contribution in [-0.4, -0.2) is 30.1 Å². The molecule has 0 aliphatic carbocycles.